The topological polar surface area (TPSA) is 15.7 Å². The molecule has 2 heterocycles. The molecule has 0 atom stereocenters. The number of hydrogen-bond donors (Lipinski definition) is 0. The maximum absolute atomic E-state index is 5.78. The van der Waals surface area contributed by atoms with Crippen LogP contribution >= 0.6 is 67.6 Å². The largest absolute Gasteiger partial charge is 0.381 e. The molecule has 29 heavy (non-hydrogen) atoms. The maximum atomic E-state index is 5.78. The Kier molecular flexibility index (Phi) is 16.1. The first kappa shape index (κ1) is 26.4. The molecule has 9 heteroatoms. The van der Waals surface area contributed by atoms with Gasteiger partial charge in [0.15, 0.2) is 0 Å². The minimum Gasteiger partial charge on any atom is -0.381 e. The number of likely N-dealkylation sites (tertiary alicyclic amines) is 2. The number of piperidine rings is 2. The fraction of sp³-hybridized carbons (Fsp3) is 0.900. The van der Waals surface area contributed by atoms with Gasteiger partial charge in [-0.15, -0.1) is 0 Å². The van der Waals surface area contributed by atoms with Gasteiger partial charge in [0.05, 0.1) is 0 Å². The predicted molar refractivity (Wildman–Crippen MR) is 145 cm³/mol. The van der Waals surface area contributed by atoms with E-state index >= 15 is 0 Å². The number of thiocarbonyl (C=S) groups is 2. The second-order valence-corrected chi connectivity index (χ2v) is 13.6. The summed E-state index contributed by atoms with van der Waals surface area (Å²) in [6.45, 7) is 6.40. The Balaban J connectivity index is 1.29. The van der Waals surface area contributed by atoms with Crippen molar-refractivity contribution in [3.05, 3.63) is 0 Å². The van der Waals surface area contributed by atoms with Gasteiger partial charge in [-0.2, -0.15) is 0 Å². The van der Waals surface area contributed by atoms with E-state index in [2.05, 4.69) is 9.80 Å². The molecule has 0 aromatic rings. The first-order valence-electron chi connectivity index (χ1n) is 11.0. The zero-order valence-corrected chi connectivity index (χ0v) is 22.4. The first-order valence-corrected chi connectivity index (χ1v) is 16.5. The van der Waals surface area contributed by atoms with Crippen LogP contribution in [0.15, 0.2) is 0 Å². The molecule has 0 amide bonds. The summed E-state index contributed by atoms with van der Waals surface area (Å²) in [7, 11) is 7.39. The van der Waals surface area contributed by atoms with Crippen LogP contribution in [0.5, 0.6) is 0 Å². The van der Waals surface area contributed by atoms with Crippen molar-refractivity contribution in [3.8, 4) is 0 Å². The number of nitrogens with zero attached hydrogens (tertiary/aromatic N) is 2. The molecule has 0 aliphatic carbocycles. The van der Waals surface area contributed by atoms with Crippen LogP contribution in [0.4, 0.5) is 0 Å². The standard InChI is InChI=1S/C20H36N2OS6/c24-19(21-11-3-1-4-12-21)28-26-17-9-7-15-23-16-8-10-18-27-29-20(25)22-13-5-2-6-14-22/h1-18H2. The van der Waals surface area contributed by atoms with Gasteiger partial charge in [0.1, 0.15) is 8.64 Å². The molecule has 0 radical (unpaired) electrons. The normalized spacial score (nSPS) is 17.5. The SMILES string of the molecule is S=C(SSCCCCOCCCCSSC(=S)N1CCCCC1)N1CCCCC1. The predicted octanol–water partition coefficient (Wildman–Crippen LogP) is 6.87. The van der Waals surface area contributed by atoms with Gasteiger partial charge in [-0.3, -0.25) is 0 Å². The molecule has 0 N–H and O–H groups in total. The second kappa shape index (κ2) is 17.7. The Bertz CT molecular complexity index is 416. The lowest BCUT2D eigenvalue weighted by Gasteiger charge is -2.28. The van der Waals surface area contributed by atoms with Crippen LogP contribution < -0.4 is 0 Å². The zero-order chi connectivity index (χ0) is 20.6. The maximum Gasteiger partial charge on any atom is 0.147 e. The van der Waals surface area contributed by atoms with Crippen LogP contribution in [0.3, 0.4) is 0 Å². The number of rotatable bonds is 12. The Morgan fingerprint density at radius 1 is 0.621 bits per heavy atom. The van der Waals surface area contributed by atoms with Gasteiger partial charge in [0.25, 0.3) is 0 Å². The average Bonchev–Trinajstić information content (AvgIpc) is 2.77. The van der Waals surface area contributed by atoms with E-state index in [-0.39, 0.29) is 0 Å². The zero-order valence-electron chi connectivity index (χ0n) is 17.5. The van der Waals surface area contributed by atoms with E-state index in [0.29, 0.717) is 0 Å². The number of unbranched alkanes of at least 4 members (excludes halogenated alkanes) is 2. The summed E-state index contributed by atoms with van der Waals surface area (Å²) in [5.41, 5.74) is 0. The summed E-state index contributed by atoms with van der Waals surface area (Å²) < 4.78 is 7.94. The fourth-order valence-electron chi connectivity index (χ4n) is 3.27. The molecule has 0 aromatic carbocycles. The number of ether oxygens (including phenoxy) is 1. The van der Waals surface area contributed by atoms with Crippen molar-refractivity contribution in [1.82, 2.24) is 9.80 Å². The van der Waals surface area contributed by atoms with Crippen molar-refractivity contribution in [2.45, 2.75) is 64.2 Å². The van der Waals surface area contributed by atoms with Crippen LogP contribution in [-0.4, -0.2) is 69.3 Å². The molecule has 2 rings (SSSR count). The van der Waals surface area contributed by atoms with Gasteiger partial charge in [-0.25, -0.2) is 0 Å². The average molecular weight is 513 g/mol. The molecule has 2 fully saturated rings. The summed E-state index contributed by atoms with van der Waals surface area (Å²) in [6.07, 6.45) is 12.6. The monoisotopic (exact) mass is 512 g/mol. The van der Waals surface area contributed by atoms with E-state index in [9.17, 15) is 0 Å². The molecule has 3 nitrogen and oxygen atoms in total. The summed E-state index contributed by atoms with van der Waals surface area (Å²) in [5.74, 6) is 2.32. The van der Waals surface area contributed by atoms with Gasteiger partial charge in [-0.1, -0.05) is 46.0 Å². The van der Waals surface area contributed by atoms with Crippen LogP contribution in [0.25, 0.3) is 0 Å². The highest BCUT2D eigenvalue weighted by Crippen LogP contribution is 2.28. The van der Waals surface area contributed by atoms with Crippen LogP contribution in [0.2, 0.25) is 0 Å². The van der Waals surface area contributed by atoms with Crippen LogP contribution in [0.1, 0.15) is 64.2 Å². The van der Waals surface area contributed by atoms with Crippen molar-refractivity contribution in [1.29, 1.82) is 0 Å². The Morgan fingerprint density at radius 2 is 1.03 bits per heavy atom. The van der Waals surface area contributed by atoms with Crippen molar-refractivity contribution in [3.63, 3.8) is 0 Å². The van der Waals surface area contributed by atoms with E-state index < -0.39 is 0 Å². The van der Waals surface area contributed by atoms with Gasteiger partial charge in [-0.05, 0) is 85.8 Å². The van der Waals surface area contributed by atoms with Gasteiger partial charge in [0, 0.05) is 50.9 Å². The molecule has 0 spiro atoms. The second-order valence-electron chi connectivity index (χ2n) is 7.46. The van der Waals surface area contributed by atoms with Gasteiger partial charge in [0.2, 0.25) is 0 Å². The van der Waals surface area contributed by atoms with E-state index in [1.807, 2.05) is 21.6 Å². The molecule has 0 saturated carbocycles. The van der Waals surface area contributed by atoms with Crippen LogP contribution in [-0.2, 0) is 4.74 Å². The fourth-order valence-corrected chi connectivity index (χ4v) is 8.54. The van der Waals surface area contributed by atoms with Crippen molar-refractivity contribution < 1.29 is 4.74 Å². The van der Waals surface area contributed by atoms with E-state index in [1.165, 1.54) is 51.4 Å². The summed E-state index contributed by atoms with van der Waals surface area (Å²) >= 11 is 11.1. The molecule has 168 valence electrons. The van der Waals surface area contributed by atoms with Gasteiger partial charge < -0.3 is 14.5 Å². The lowest BCUT2D eigenvalue weighted by atomic mass is 10.1. The van der Waals surface area contributed by atoms with Crippen molar-refractivity contribution >= 4 is 76.3 Å². The minimum atomic E-state index is 0.892. The van der Waals surface area contributed by atoms with E-state index in [4.69, 9.17) is 29.2 Å². The van der Waals surface area contributed by atoms with E-state index in [1.54, 1.807) is 21.6 Å². The lowest BCUT2D eigenvalue weighted by molar-refractivity contribution is 0.129. The molecule has 0 unspecified atom stereocenters. The molecule has 0 bridgehead atoms. The highest BCUT2D eigenvalue weighted by molar-refractivity contribution is 8.84. The Labute approximate surface area is 204 Å². The molecular weight excluding hydrogens is 477 g/mol. The third-order valence-corrected chi connectivity index (χ3v) is 11.3. The lowest BCUT2D eigenvalue weighted by Crippen LogP contribution is -2.32. The Hall–Kier alpha value is 1.14. The quantitative estimate of drug-likeness (QED) is 0.157. The van der Waals surface area contributed by atoms with E-state index in [0.717, 1.165) is 72.4 Å². The highest BCUT2D eigenvalue weighted by Gasteiger charge is 2.14. The molecule has 2 aliphatic rings. The first-order chi connectivity index (χ1) is 14.3. The third kappa shape index (κ3) is 12.7. The number of hydrogen-bond acceptors (Lipinski definition) is 7. The van der Waals surface area contributed by atoms with Crippen molar-refractivity contribution in [2.75, 3.05) is 50.9 Å². The third-order valence-electron chi connectivity index (χ3n) is 5.02. The van der Waals surface area contributed by atoms with Gasteiger partial charge >= 0.3 is 0 Å². The summed E-state index contributed by atoms with van der Waals surface area (Å²) in [6, 6.07) is 0. The molecular formula is C20H36N2OS6. The summed E-state index contributed by atoms with van der Waals surface area (Å²) in [4.78, 5) is 4.75. The summed E-state index contributed by atoms with van der Waals surface area (Å²) in [5, 5.41) is 0. The van der Waals surface area contributed by atoms with Crippen molar-refractivity contribution in [2.24, 2.45) is 0 Å². The van der Waals surface area contributed by atoms with Crippen LogP contribution in [0, 0.1) is 0 Å². The molecule has 2 aliphatic heterocycles. The molecule has 2 saturated heterocycles. The minimum absolute atomic E-state index is 0.892. The smallest absolute Gasteiger partial charge is 0.147 e. The Morgan fingerprint density at radius 3 is 1.45 bits per heavy atom. The molecule has 0 aromatic heterocycles. The highest BCUT2D eigenvalue weighted by atomic mass is 33.1.